The number of primary amides is 1. The van der Waals surface area contributed by atoms with E-state index in [0.29, 0.717) is 12.8 Å². The smallest absolute Gasteiger partial charge is 0.397 e. The third-order valence-corrected chi connectivity index (χ3v) is 2.96. The number of nitrogens with zero attached hydrogens (tertiary/aromatic N) is 1. The van der Waals surface area contributed by atoms with Gasteiger partial charge < -0.3 is 16.4 Å². The SMILES string of the molecule is NC(=O)c1cccc(N)c1N(CC(F)(F)F)C1CC1. The Morgan fingerprint density at radius 3 is 2.47 bits per heavy atom. The van der Waals surface area contributed by atoms with Gasteiger partial charge in [-0.15, -0.1) is 0 Å². The van der Waals surface area contributed by atoms with Crippen LogP contribution in [0.2, 0.25) is 0 Å². The average molecular weight is 273 g/mol. The summed E-state index contributed by atoms with van der Waals surface area (Å²) in [7, 11) is 0. The first-order valence-corrected chi connectivity index (χ1v) is 5.81. The number of halogens is 3. The van der Waals surface area contributed by atoms with Gasteiger partial charge in [0.05, 0.1) is 16.9 Å². The minimum Gasteiger partial charge on any atom is -0.397 e. The van der Waals surface area contributed by atoms with Crippen LogP contribution in [-0.4, -0.2) is 24.7 Å². The van der Waals surface area contributed by atoms with Crippen LogP contribution in [0.5, 0.6) is 0 Å². The number of benzene rings is 1. The number of amides is 1. The highest BCUT2D eigenvalue weighted by Gasteiger charge is 2.40. The van der Waals surface area contributed by atoms with E-state index < -0.39 is 18.6 Å². The largest absolute Gasteiger partial charge is 0.405 e. The van der Waals surface area contributed by atoms with Crippen molar-refractivity contribution >= 4 is 17.3 Å². The Kier molecular flexibility index (Phi) is 3.30. The van der Waals surface area contributed by atoms with Gasteiger partial charge in [-0.25, -0.2) is 0 Å². The summed E-state index contributed by atoms with van der Waals surface area (Å²) in [4.78, 5) is 12.5. The number of nitrogen functional groups attached to an aromatic ring is 1. The number of carbonyl (C=O) groups excluding carboxylic acids is 1. The molecule has 1 fully saturated rings. The molecule has 0 spiro atoms. The molecular formula is C12H14F3N3O. The van der Waals surface area contributed by atoms with Gasteiger partial charge in [0.15, 0.2) is 0 Å². The van der Waals surface area contributed by atoms with Gasteiger partial charge in [-0.2, -0.15) is 13.2 Å². The van der Waals surface area contributed by atoms with E-state index in [1.165, 1.54) is 18.2 Å². The van der Waals surface area contributed by atoms with E-state index in [2.05, 4.69) is 0 Å². The zero-order chi connectivity index (χ0) is 14.2. The first kappa shape index (κ1) is 13.5. The zero-order valence-corrected chi connectivity index (χ0v) is 10.1. The normalized spacial score (nSPS) is 15.3. The van der Waals surface area contributed by atoms with Gasteiger partial charge in [-0.1, -0.05) is 6.07 Å². The molecule has 0 aromatic heterocycles. The fourth-order valence-corrected chi connectivity index (χ4v) is 2.05. The van der Waals surface area contributed by atoms with Crippen molar-refractivity contribution in [1.82, 2.24) is 0 Å². The summed E-state index contributed by atoms with van der Waals surface area (Å²) in [5.41, 5.74) is 11.2. The number of para-hydroxylation sites is 1. The van der Waals surface area contributed by atoms with Crippen molar-refractivity contribution in [3.63, 3.8) is 0 Å². The molecular weight excluding hydrogens is 259 g/mol. The van der Waals surface area contributed by atoms with E-state index in [1.807, 2.05) is 0 Å². The van der Waals surface area contributed by atoms with E-state index in [4.69, 9.17) is 11.5 Å². The molecule has 4 nitrogen and oxygen atoms in total. The number of alkyl halides is 3. The number of hydrogen-bond acceptors (Lipinski definition) is 3. The molecule has 1 amide bonds. The van der Waals surface area contributed by atoms with Crippen LogP contribution in [0.15, 0.2) is 18.2 Å². The van der Waals surface area contributed by atoms with E-state index in [-0.39, 0.29) is 23.0 Å². The Bertz CT molecular complexity index is 497. The number of anilines is 2. The fourth-order valence-electron chi connectivity index (χ4n) is 2.05. The van der Waals surface area contributed by atoms with Gasteiger partial charge in [0.1, 0.15) is 6.54 Å². The van der Waals surface area contributed by atoms with E-state index in [9.17, 15) is 18.0 Å². The summed E-state index contributed by atoms with van der Waals surface area (Å²) in [6.45, 7) is -1.13. The predicted octanol–water partition coefficient (Wildman–Crippen LogP) is 1.90. The molecule has 0 heterocycles. The molecule has 1 aliphatic rings. The predicted molar refractivity (Wildman–Crippen MR) is 65.8 cm³/mol. The third kappa shape index (κ3) is 3.10. The summed E-state index contributed by atoms with van der Waals surface area (Å²) in [5.74, 6) is -0.782. The van der Waals surface area contributed by atoms with Crippen molar-refractivity contribution in [3.05, 3.63) is 23.8 Å². The van der Waals surface area contributed by atoms with Crippen molar-refractivity contribution in [2.24, 2.45) is 5.73 Å². The maximum atomic E-state index is 12.6. The van der Waals surface area contributed by atoms with E-state index in [0.717, 1.165) is 4.90 Å². The lowest BCUT2D eigenvalue weighted by molar-refractivity contribution is -0.120. The summed E-state index contributed by atoms with van der Waals surface area (Å²) in [6, 6.07) is 4.12. The second-order valence-corrected chi connectivity index (χ2v) is 4.58. The van der Waals surface area contributed by atoms with Crippen LogP contribution in [0.25, 0.3) is 0 Å². The van der Waals surface area contributed by atoms with E-state index in [1.54, 1.807) is 0 Å². The van der Waals surface area contributed by atoms with E-state index >= 15 is 0 Å². The fraction of sp³-hybridized carbons (Fsp3) is 0.417. The molecule has 0 aliphatic heterocycles. The van der Waals surface area contributed by atoms with Crippen LogP contribution >= 0.6 is 0 Å². The summed E-state index contributed by atoms with van der Waals surface area (Å²) >= 11 is 0. The molecule has 2 rings (SSSR count). The summed E-state index contributed by atoms with van der Waals surface area (Å²) in [5, 5.41) is 0. The van der Waals surface area contributed by atoms with Gasteiger partial charge >= 0.3 is 6.18 Å². The van der Waals surface area contributed by atoms with Gasteiger partial charge in [-0.3, -0.25) is 4.79 Å². The van der Waals surface area contributed by atoms with Gasteiger partial charge in [0.2, 0.25) is 0 Å². The van der Waals surface area contributed by atoms with Crippen molar-refractivity contribution in [1.29, 1.82) is 0 Å². The average Bonchev–Trinajstić information content (AvgIpc) is 3.08. The topological polar surface area (TPSA) is 72.3 Å². The number of rotatable bonds is 4. The highest BCUT2D eigenvalue weighted by molar-refractivity contribution is 6.01. The van der Waals surface area contributed by atoms with Crippen molar-refractivity contribution in [2.45, 2.75) is 25.1 Å². The van der Waals surface area contributed by atoms with Crippen LogP contribution in [0.3, 0.4) is 0 Å². The van der Waals surface area contributed by atoms with Crippen LogP contribution in [0.4, 0.5) is 24.5 Å². The summed E-state index contributed by atoms with van der Waals surface area (Å²) in [6.07, 6.45) is -3.05. The molecule has 0 bridgehead atoms. The maximum absolute atomic E-state index is 12.6. The Labute approximate surface area is 108 Å². The van der Waals surface area contributed by atoms with Crippen LogP contribution in [-0.2, 0) is 0 Å². The molecule has 1 aromatic rings. The second-order valence-electron chi connectivity index (χ2n) is 4.58. The Balaban J connectivity index is 2.44. The highest BCUT2D eigenvalue weighted by atomic mass is 19.4. The quantitative estimate of drug-likeness (QED) is 0.823. The molecule has 4 N–H and O–H groups in total. The van der Waals surface area contributed by atoms with Crippen LogP contribution in [0.1, 0.15) is 23.2 Å². The molecule has 0 radical (unpaired) electrons. The lowest BCUT2D eigenvalue weighted by atomic mass is 10.1. The zero-order valence-electron chi connectivity index (χ0n) is 10.1. The van der Waals surface area contributed by atoms with Gasteiger partial charge in [0.25, 0.3) is 5.91 Å². The molecule has 7 heteroatoms. The number of hydrogen-bond donors (Lipinski definition) is 2. The monoisotopic (exact) mass is 273 g/mol. The molecule has 1 aromatic carbocycles. The minimum atomic E-state index is -4.36. The lowest BCUT2D eigenvalue weighted by Gasteiger charge is -2.28. The molecule has 19 heavy (non-hydrogen) atoms. The minimum absolute atomic E-state index is 0.0242. The highest BCUT2D eigenvalue weighted by Crippen LogP contribution is 2.38. The van der Waals surface area contributed by atoms with Crippen molar-refractivity contribution in [2.75, 3.05) is 17.2 Å². The first-order chi connectivity index (χ1) is 8.79. The molecule has 1 aliphatic carbocycles. The molecule has 0 saturated heterocycles. The van der Waals surface area contributed by atoms with Gasteiger partial charge in [-0.05, 0) is 25.0 Å². The van der Waals surface area contributed by atoms with Gasteiger partial charge in [0, 0.05) is 6.04 Å². The maximum Gasteiger partial charge on any atom is 0.405 e. The molecule has 1 saturated carbocycles. The second kappa shape index (κ2) is 4.64. The molecule has 104 valence electrons. The summed E-state index contributed by atoms with van der Waals surface area (Å²) < 4.78 is 37.9. The first-order valence-electron chi connectivity index (χ1n) is 5.81. The number of carbonyl (C=O) groups is 1. The third-order valence-electron chi connectivity index (χ3n) is 2.96. The number of nitrogens with two attached hydrogens (primary N) is 2. The van der Waals surface area contributed by atoms with Crippen LogP contribution < -0.4 is 16.4 Å². The Morgan fingerprint density at radius 1 is 1.37 bits per heavy atom. The van der Waals surface area contributed by atoms with Crippen LogP contribution in [0, 0.1) is 0 Å². The Morgan fingerprint density at radius 2 is 2.00 bits per heavy atom. The molecule has 0 unspecified atom stereocenters. The van der Waals surface area contributed by atoms with Crippen molar-refractivity contribution < 1.29 is 18.0 Å². The standard InChI is InChI=1S/C12H14F3N3O/c13-12(14,15)6-18(7-4-5-7)10-8(11(17)19)2-1-3-9(10)16/h1-3,7H,4-6,16H2,(H2,17,19). The molecule has 0 atom stereocenters. The van der Waals surface area contributed by atoms with Crippen molar-refractivity contribution in [3.8, 4) is 0 Å². The lowest BCUT2D eigenvalue weighted by Crippen LogP contribution is -2.37. The Hall–Kier alpha value is -1.92.